The summed E-state index contributed by atoms with van der Waals surface area (Å²) in [7, 11) is 147. The third-order valence-corrected chi connectivity index (χ3v) is 13.3. The van der Waals surface area contributed by atoms with Crippen molar-refractivity contribution in [1.82, 2.24) is 0 Å². The molecular formula is C38B22OS. The van der Waals surface area contributed by atoms with E-state index in [1.54, 1.807) is 0 Å². The Morgan fingerprint density at radius 3 is 0.903 bits per heavy atom. The lowest BCUT2D eigenvalue weighted by Gasteiger charge is -2.31. The van der Waals surface area contributed by atoms with Crippen molar-refractivity contribution in [3.8, 4) is 22.3 Å². The minimum absolute atomic E-state index is 0.00819. The van der Waals surface area contributed by atoms with Gasteiger partial charge in [0.15, 0.2) is 0 Å². The highest BCUT2D eigenvalue weighted by molar-refractivity contribution is 7.28. The predicted molar refractivity (Wildman–Crippen MR) is 291 cm³/mol. The molecule has 24 heteroatoms. The number of hydrogen-bond donors (Lipinski definition) is 0. The zero-order valence-electron chi connectivity index (χ0n) is 32.5. The van der Waals surface area contributed by atoms with Gasteiger partial charge in [-0.2, -0.15) is 0 Å². The Labute approximate surface area is 391 Å². The van der Waals surface area contributed by atoms with Crippen molar-refractivity contribution in [1.29, 1.82) is 0 Å². The quantitative estimate of drug-likeness (QED) is 0.127. The topological polar surface area (TPSA) is 13.1 Å². The molecule has 9 aromatic rings. The van der Waals surface area contributed by atoms with Gasteiger partial charge in [-0.25, -0.2) is 0 Å². The Kier molecular flexibility index (Phi) is 10.2. The number of thiophene rings is 1. The molecule has 230 valence electrons. The molecule has 0 saturated carbocycles. The molecule has 1 nitrogen and oxygen atoms in total. The van der Waals surface area contributed by atoms with Crippen molar-refractivity contribution in [2.45, 2.75) is 0 Å². The first-order valence-electron chi connectivity index (χ1n) is 18.2. The van der Waals surface area contributed by atoms with Crippen molar-refractivity contribution in [2.24, 2.45) is 0 Å². The molecule has 44 radical (unpaired) electrons. The zero-order chi connectivity index (χ0) is 45.4. The van der Waals surface area contributed by atoms with Crippen LogP contribution >= 0.6 is 11.3 Å². The second-order valence-corrected chi connectivity index (χ2v) is 16.1. The van der Waals surface area contributed by atoms with Crippen LogP contribution < -0.4 is 120 Å². The lowest BCUT2D eigenvalue weighted by molar-refractivity contribution is 0.675. The molecule has 7 aromatic carbocycles. The van der Waals surface area contributed by atoms with Crippen LogP contribution in [0, 0.1) is 0 Å². The Bertz CT molecular complexity index is 3580. The first-order chi connectivity index (χ1) is 29.0. The van der Waals surface area contributed by atoms with Gasteiger partial charge < -0.3 is 4.42 Å². The SMILES string of the molecule is [B]c1c([B])c([B])c2c(oc3c([B])c(-c4c5c([B])c([B])c([B])c([B])c5c(-c5c([B])c([B])c([B])c6c5sc5c([B])c([B])c([B])c([B])c56)c5c([B])c([B])c([B])c([B])c45)c([B])c([B])c32)c1[B]. The smallest absolute Gasteiger partial charge is 0.128 e. The Balaban J connectivity index is 1.63. The summed E-state index contributed by atoms with van der Waals surface area (Å²) in [4.78, 5) is 0. The van der Waals surface area contributed by atoms with E-state index < -0.39 is 0 Å². The molecule has 0 aliphatic heterocycles. The van der Waals surface area contributed by atoms with Crippen LogP contribution in [0.25, 0.3) is 85.9 Å². The van der Waals surface area contributed by atoms with Crippen LogP contribution in [-0.2, 0) is 0 Å². The van der Waals surface area contributed by atoms with E-state index in [0.717, 1.165) is 11.3 Å². The average Bonchev–Trinajstić information content (AvgIpc) is 3.85. The summed E-state index contributed by atoms with van der Waals surface area (Å²) < 4.78 is 7.11. The molecular weight excluding hydrogens is 742 g/mol. The maximum Gasteiger partial charge on any atom is 0.128 e. The predicted octanol–water partition coefficient (Wildman–Crippen LogP) is -14.9. The van der Waals surface area contributed by atoms with Crippen LogP contribution in [0.4, 0.5) is 0 Å². The van der Waals surface area contributed by atoms with Gasteiger partial charge >= 0.3 is 0 Å². The average molecular weight is 742 g/mol. The summed E-state index contributed by atoms with van der Waals surface area (Å²) in [6, 6.07) is 0. The molecule has 0 atom stereocenters. The number of hydrogen-bond acceptors (Lipinski definition) is 2. The van der Waals surface area contributed by atoms with E-state index in [0.29, 0.717) is 20.2 Å². The fourth-order valence-corrected chi connectivity index (χ4v) is 10.1. The van der Waals surface area contributed by atoms with Crippen LogP contribution in [0.15, 0.2) is 4.42 Å². The standard InChI is InChI=1S/C38B22OS/c39-13-3-1(7-17(43)18(44)8-9-19(45)29(55)31(57)33(59)36(9)61-35(8)23(7)49)4-6(16(42)28(54)26(52)14(4)40)2(5(3)15(41)27(53)25(13)51)10-20(46)24(50)21(47)11-12-22(48)30(56)32(58)34(60)38(12)62-37(10)11. The highest BCUT2D eigenvalue weighted by Gasteiger charge is 2.31. The van der Waals surface area contributed by atoms with Crippen molar-refractivity contribution >= 4 is 368 Å². The van der Waals surface area contributed by atoms with E-state index >= 15 is 0 Å². The third-order valence-electron chi connectivity index (χ3n) is 12.1. The van der Waals surface area contributed by atoms with Crippen LogP contribution in [0.1, 0.15) is 0 Å². The largest absolute Gasteiger partial charge is 0.457 e. The van der Waals surface area contributed by atoms with Crippen molar-refractivity contribution in [3.05, 3.63) is 0 Å². The van der Waals surface area contributed by atoms with Crippen molar-refractivity contribution in [3.63, 3.8) is 0 Å². The van der Waals surface area contributed by atoms with Crippen molar-refractivity contribution < 1.29 is 4.42 Å². The van der Waals surface area contributed by atoms with Crippen LogP contribution in [-0.4, -0.2) is 173 Å². The molecule has 0 aliphatic carbocycles. The maximum atomic E-state index is 7.11. The number of benzene rings is 7. The molecule has 2 heterocycles. The highest BCUT2D eigenvalue weighted by atomic mass is 32.1. The van der Waals surface area contributed by atoms with E-state index in [1.807, 2.05) is 0 Å². The van der Waals surface area contributed by atoms with Gasteiger partial charge in [0.1, 0.15) is 184 Å². The van der Waals surface area contributed by atoms with Crippen LogP contribution in [0.2, 0.25) is 0 Å². The first kappa shape index (κ1) is 43.7. The summed E-state index contributed by atoms with van der Waals surface area (Å²) in [6.45, 7) is 0. The summed E-state index contributed by atoms with van der Waals surface area (Å²) in [5, 5.41) is 1.48. The number of fused-ring (bicyclic) bond motifs is 8. The monoisotopic (exact) mass is 746 g/mol. The summed E-state index contributed by atoms with van der Waals surface area (Å²) in [5.74, 6) is 0. The first-order valence-corrected chi connectivity index (χ1v) is 19.0. The van der Waals surface area contributed by atoms with Crippen LogP contribution in [0.3, 0.4) is 0 Å². The number of rotatable bonds is 2. The van der Waals surface area contributed by atoms with Gasteiger partial charge in [0.25, 0.3) is 0 Å². The Morgan fingerprint density at radius 1 is 0.194 bits per heavy atom. The number of furan rings is 1. The molecule has 0 fully saturated rings. The molecule has 0 bridgehead atoms. The fourth-order valence-electron chi connectivity index (χ4n) is 8.76. The fraction of sp³-hybridized carbons (Fsp3) is 0. The van der Waals surface area contributed by atoms with E-state index in [9.17, 15) is 0 Å². The van der Waals surface area contributed by atoms with Gasteiger partial charge in [0.2, 0.25) is 0 Å². The lowest BCUT2D eigenvalue weighted by Crippen LogP contribution is -2.50. The van der Waals surface area contributed by atoms with Gasteiger partial charge in [0.05, 0.1) is 0 Å². The van der Waals surface area contributed by atoms with E-state index in [-0.39, 0.29) is 186 Å². The molecule has 0 unspecified atom stereocenters. The molecule has 9 rings (SSSR count). The van der Waals surface area contributed by atoms with Crippen molar-refractivity contribution in [2.75, 3.05) is 0 Å². The molecule has 0 aliphatic rings. The van der Waals surface area contributed by atoms with E-state index in [4.69, 9.17) is 177 Å². The molecule has 0 saturated heterocycles. The van der Waals surface area contributed by atoms with E-state index in [2.05, 4.69) is 0 Å². The zero-order valence-corrected chi connectivity index (χ0v) is 33.3. The second kappa shape index (κ2) is 14.5. The van der Waals surface area contributed by atoms with Gasteiger partial charge in [0, 0.05) is 20.2 Å². The molecule has 2 aromatic heterocycles. The second-order valence-electron chi connectivity index (χ2n) is 15.1. The minimum Gasteiger partial charge on any atom is -0.457 e. The Morgan fingerprint density at radius 2 is 0.468 bits per heavy atom. The van der Waals surface area contributed by atoms with E-state index in [1.165, 1.54) is 0 Å². The lowest BCUT2D eigenvalue weighted by atomic mass is 9.57. The third kappa shape index (κ3) is 5.34. The molecule has 0 amide bonds. The normalized spacial score (nSPS) is 12.0. The summed E-state index contributed by atoms with van der Waals surface area (Å²) in [6.07, 6.45) is 0. The molecule has 0 N–H and O–H groups in total. The van der Waals surface area contributed by atoms with Crippen LogP contribution in [0.5, 0.6) is 0 Å². The Hall–Kier alpha value is -3.49. The van der Waals surface area contributed by atoms with Gasteiger partial charge in [-0.15, -0.1) is 60.5 Å². The van der Waals surface area contributed by atoms with Gasteiger partial charge in [-0.05, 0) is 60.0 Å². The van der Waals surface area contributed by atoms with Gasteiger partial charge in [-0.1, -0.05) is 65.6 Å². The van der Waals surface area contributed by atoms with Gasteiger partial charge in [-0.3, -0.25) is 0 Å². The summed E-state index contributed by atoms with van der Waals surface area (Å²) in [5.41, 5.74) is -0.513. The molecule has 62 heavy (non-hydrogen) atoms. The molecule has 0 spiro atoms. The highest BCUT2D eigenvalue weighted by Crippen LogP contribution is 2.44. The maximum absolute atomic E-state index is 7.11. The minimum atomic E-state index is -0.124. The summed E-state index contributed by atoms with van der Waals surface area (Å²) >= 11 is 1.13.